The highest BCUT2D eigenvalue weighted by Gasteiger charge is 2.27. The van der Waals surface area contributed by atoms with Crippen LogP contribution in [0.5, 0.6) is 0 Å². The Morgan fingerprint density at radius 3 is 2.61 bits per heavy atom. The van der Waals surface area contributed by atoms with Crippen molar-refractivity contribution in [1.29, 1.82) is 0 Å². The molecule has 1 fully saturated rings. The third kappa shape index (κ3) is 5.79. The van der Waals surface area contributed by atoms with Gasteiger partial charge in [-0.15, -0.1) is 0 Å². The van der Waals surface area contributed by atoms with Crippen molar-refractivity contribution < 1.29 is 13.2 Å². The van der Waals surface area contributed by atoms with E-state index in [0.717, 1.165) is 19.1 Å². The van der Waals surface area contributed by atoms with Crippen LogP contribution in [-0.2, 0) is 14.8 Å². The number of hydrogen-bond donors (Lipinski definition) is 2. The predicted molar refractivity (Wildman–Crippen MR) is 70.5 cm³/mol. The first-order valence-corrected chi connectivity index (χ1v) is 8.00. The van der Waals surface area contributed by atoms with Crippen molar-refractivity contribution in [3.63, 3.8) is 0 Å². The molecule has 1 saturated heterocycles. The zero-order chi connectivity index (χ0) is 14.0. The van der Waals surface area contributed by atoms with E-state index in [2.05, 4.69) is 4.72 Å². The summed E-state index contributed by atoms with van der Waals surface area (Å²) in [6.45, 7) is 4.72. The quantitative estimate of drug-likeness (QED) is 0.735. The van der Waals surface area contributed by atoms with Crippen molar-refractivity contribution in [3.8, 4) is 0 Å². The number of nitrogens with one attached hydrogen (secondary N) is 1. The molecule has 106 valence electrons. The molecule has 18 heavy (non-hydrogen) atoms. The zero-order valence-corrected chi connectivity index (χ0v) is 12.1. The molecule has 0 aromatic carbocycles. The smallest absolute Gasteiger partial charge is 0.224 e. The lowest BCUT2D eigenvalue weighted by atomic mass is 9.99. The maximum absolute atomic E-state index is 12.0. The molecule has 1 rings (SSSR count). The van der Waals surface area contributed by atoms with Crippen LogP contribution in [0.25, 0.3) is 0 Å². The second kappa shape index (κ2) is 5.54. The lowest BCUT2D eigenvalue weighted by molar-refractivity contribution is -0.133. The summed E-state index contributed by atoms with van der Waals surface area (Å²) >= 11 is 0. The molecular formula is C11H23N3O3S. The Kier molecular flexibility index (Phi) is 4.74. The summed E-state index contributed by atoms with van der Waals surface area (Å²) in [5.74, 6) is -0.0116. The molecule has 1 unspecified atom stereocenters. The van der Waals surface area contributed by atoms with E-state index in [1.165, 1.54) is 0 Å². The van der Waals surface area contributed by atoms with Crippen molar-refractivity contribution in [2.45, 2.75) is 44.7 Å². The molecule has 0 spiro atoms. The molecule has 0 aromatic rings. The summed E-state index contributed by atoms with van der Waals surface area (Å²) in [5, 5.41) is 0. The number of amides is 1. The van der Waals surface area contributed by atoms with E-state index in [-0.39, 0.29) is 18.4 Å². The third-order valence-electron chi connectivity index (χ3n) is 2.76. The number of sulfonamides is 1. The van der Waals surface area contributed by atoms with Crippen LogP contribution in [0.2, 0.25) is 0 Å². The van der Waals surface area contributed by atoms with E-state index in [1.54, 1.807) is 18.7 Å². The largest absolute Gasteiger partial charge is 0.341 e. The topological polar surface area (TPSA) is 92.5 Å². The van der Waals surface area contributed by atoms with Crippen molar-refractivity contribution in [2.75, 3.05) is 19.3 Å². The Morgan fingerprint density at radius 2 is 2.11 bits per heavy atom. The van der Waals surface area contributed by atoms with Crippen LogP contribution in [0.4, 0.5) is 0 Å². The van der Waals surface area contributed by atoms with Crippen LogP contribution in [0, 0.1) is 0 Å². The van der Waals surface area contributed by atoms with E-state index in [0.29, 0.717) is 13.1 Å². The molecule has 7 heteroatoms. The van der Waals surface area contributed by atoms with Gasteiger partial charge in [-0.1, -0.05) is 0 Å². The normalized spacial score (nSPS) is 22.0. The van der Waals surface area contributed by atoms with Gasteiger partial charge in [0.2, 0.25) is 15.9 Å². The van der Waals surface area contributed by atoms with E-state index < -0.39 is 15.6 Å². The van der Waals surface area contributed by atoms with Crippen LogP contribution in [-0.4, -0.2) is 50.2 Å². The molecule has 0 radical (unpaired) electrons. The van der Waals surface area contributed by atoms with Gasteiger partial charge in [-0.3, -0.25) is 4.79 Å². The maximum Gasteiger partial charge on any atom is 0.224 e. The first-order valence-electron chi connectivity index (χ1n) is 6.11. The van der Waals surface area contributed by atoms with E-state index in [9.17, 15) is 13.2 Å². The molecule has 6 nitrogen and oxygen atoms in total. The highest BCUT2D eigenvalue weighted by Crippen LogP contribution is 2.14. The molecule has 1 aliphatic rings. The summed E-state index contributed by atoms with van der Waals surface area (Å²) in [6, 6.07) is -0.182. The molecule has 1 heterocycles. The monoisotopic (exact) mass is 277 g/mol. The number of rotatable bonds is 4. The summed E-state index contributed by atoms with van der Waals surface area (Å²) in [4.78, 5) is 13.7. The average molecular weight is 277 g/mol. The van der Waals surface area contributed by atoms with Crippen molar-refractivity contribution in [3.05, 3.63) is 0 Å². The van der Waals surface area contributed by atoms with Crippen molar-refractivity contribution >= 4 is 15.9 Å². The molecule has 3 N–H and O–H groups in total. The minimum atomic E-state index is -3.22. The molecular weight excluding hydrogens is 254 g/mol. The molecule has 1 atom stereocenters. The van der Waals surface area contributed by atoms with Crippen LogP contribution < -0.4 is 10.5 Å². The van der Waals surface area contributed by atoms with Crippen molar-refractivity contribution in [2.24, 2.45) is 5.73 Å². The molecule has 0 aromatic heterocycles. The Bertz CT molecular complexity index is 400. The second-order valence-corrected chi connectivity index (χ2v) is 7.51. The fraction of sp³-hybridized carbons (Fsp3) is 0.909. The Hall–Kier alpha value is -0.660. The molecule has 0 bridgehead atoms. The minimum Gasteiger partial charge on any atom is -0.341 e. The number of carbonyl (C=O) groups excluding carboxylic acids is 1. The number of nitrogens with zero attached hydrogens (tertiary/aromatic N) is 1. The number of piperidine rings is 1. The summed E-state index contributed by atoms with van der Waals surface area (Å²) in [7, 11) is -3.22. The number of likely N-dealkylation sites (tertiary alicyclic amines) is 1. The van der Waals surface area contributed by atoms with Gasteiger partial charge in [0.25, 0.3) is 0 Å². The van der Waals surface area contributed by atoms with Crippen LogP contribution in [0.15, 0.2) is 0 Å². The Morgan fingerprint density at radius 1 is 1.50 bits per heavy atom. The van der Waals surface area contributed by atoms with Gasteiger partial charge in [-0.05, 0) is 26.7 Å². The van der Waals surface area contributed by atoms with Gasteiger partial charge < -0.3 is 10.6 Å². The van der Waals surface area contributed by atoms with Gasteiger partial charge in [0.05, 0.1) is 6.26 Å². The zero-order valence-electron chi connectivity index (χ0n) is 11.3. The van der Waals surface area contributed by atoms with Crippen LogP contribution >= 0.6 is 0 Å². The maximum atomic E-state index is 12.0. The third-order valence-corrected chi connectivity index (χ3v) is 3.52. The highest BCUT2D eigenvalue weighted by molar-refractivity contribution is 7.88. The second-order valence-electron chi connectivity index (χ2n) is 5.73. The molecule has 1 aliphatic heterocycles. The molecule has 0 saturated carbocycles. The van der Waals surface area contributed by atoms with Gasteiger partial charge in [0, 0.05) is 31.1 Å². The van der Waals surface area contributed by atoms with E-state index in [4.69, 9.17) is 5.73 Å². The first-order chi connectivity index (χ1) is 8.07. The summed E-state index contributed by atoms with van der Waals surface area (Å²) in [5.41, 5.74) is 5.29. The van der Waals surface area contributed by atoms with Gasteiger partial charge in [-0.25, -0.2) is 13.1 Å². The van der Waals surface area contributed by atoms with Gasteiger partial charge in [0.15, 0.2) is 0 Å². The number of nitrogens with two attached hydrogens (primary N) is 1. The Labute approximate surface area is 109 Å². The summed E-state index contributed by atoms with van der Waals surface area (Å²) < 4.78 is 24.9. The van der Waals surface area contributed by atoms with E-state index >= 15 is 0 Å². The SMILES string of the molecule is CC(C)(N)CC(=O)N1CCCC(NS(C)(=O)=O)C1. The minimum absolute atomic E-state index is 0.0116. The molecule has 0 aliphatic carbocycles. The number of hydrogen-bond acceptors (Lipinski definition) is 4. The number of carbonyl (C=O) groups is 1. The highest BCUT2D eigenvalue weighted by atomic mass is 32.2. The van der Waals surface area contributed by atoms with Crippen molar-refractivity contribution in [1.82, 2.24) is 9.62 Å². The lowest BCUT2D eigenvalue weighted by Crippen LogP contribution is -2.51. The average Bonchev–Trinajstić information content (AvgIpc) is 2.12. The van der Waals surface area contributed by atoms with Crippen LogP contribution in [0.3, 0.4) is 0 Å². The standard InChI is InChI=1S/C11H23N3O3S/c1-11(2,12)7-10(15)14-6-4-5-9(8-14)13-18(3,16)17/h9,13H,4-8,12H2,1-3H3. The Balaban J connectivity index is 2.56. The predicted octanol–water partition coefficient (Wildman–Crippen LogP) is -0.346. The fourth-order valence-electron chi connectivity index (χ4n) is 2.10. The fourth-order valence-corrected chi connectivity index (χ4v) is 2.90. The van der Waals surface area contributed by atoms with Gasteiger partial charge in [-0.2, -0.15) is 0 Å². The van der Waals surface area contributed by atoms with Gasteiger partial charge >= 0.3 is 0 Å². The molecule has 1 amide bonds. The van der Waals surface area contributed by atoms with Crippen LogP contribution in [0.1, 0.15) is 33.1 Å². The summed E-state index contributed by atoms with van der Waals surface area (Å²) in [6.07, 6.45) is 2.99. The lowest BCUT2D eigenvalue weighted by Gasteiger charge is -2.34. The van der Waals surface area contributed by atoms with Gasteiger partial charge in [0.1, 0.15) is 0 Å². The first kappa shape index (κ1) is 15.4. The van der Waals surface area contributed by atoms with E-state index in [1.807, 2.05) is 0 Å².